The maximum Gasteiger partial charge on any atom is 2.00 e. The van der Waals surface area contributed by atoms with Crippen molar-refractivity contribution in [2.75, 3.05) is 13.2 Å². The van der Waals surface area contributed by atoms with Crippen molar-refractivity contribution < 1.29 is 70.8 Å². The molecular formula is C18H30ClNO10Pt. The van der Waals surface area contributed by atoms with Gasteiger partial charge in [-0.15, -0.1) is 0 Å². The number of alkyl halides is 1. The molecule has 2 fully saturated rings. The molecular weight excluding hydrogens is 621 g/mol. The number of carboxylic acids is 2. The minimum Gasteiger partial charge on any atom is -0.677 e. The predicted octanol–water partition coefficient (Wildman–Crippen LogP) is -0.231. The average Bonchev–Trinajstić information content (AvgIpc) is 2.70. The molecule has 184 valence electrons. The molecule has 1 heterocycles. The van der Waals surface area contributed by atoms with Crippen molar-refractivity contribution in [3.05, 3.63) is 12.7 Å². The molecule has 0 radical (unpaired) electrons. The van der Waals surface area contributed by atoms with E-state index in [1.54, 1.807) is 0 Å². The van der Waals surface area contributed by atoms with E-state index in [4.69, 9.17) is 42.1 Å². The van der Waals surface area contributed by atoms with Crippen LogP contribution in [-0.4, -0.2) is 97.4 Å². The van der Waals surface area contributed by atoms with Gasteiger partial charge in [0.25, 0.3) is 0 Å². The van der Waals surface area contributed by atoms with E-state index in [0.717, 1.165) is 6.42 Å². The van der Waals surface area contributed by atoms with Crippen LogP contribution in [-0.2, 0) is 40.1 Å². The molecule has 0 spiro atoms. The van der Waals surface area contributed by atoms with Crippen LogP contribution in [0, 0.1) is 12.8 Å². The summed E-state index contributed by atoms with van der Waals surface area (Å²) in [6, 6.07) is 0.142. The molecule has 0 aromatic heterocycles. The SMILES string of the molecule is O=C(O)C(Cl)(CCOC1O[C@H](CO)[C@H](O)[C@H](O)[C@H]1O)C(=O)O.[CH2-][C@@H]1CCCC[C@H]1[NH-].[Pt+2]. The van der Waals surface area contributed by atoms with E-state index in [1.807, 2.05) is 0 Å². The summed E-state index contributed by atoms with van der Waals surface area (Å²) in [5.41, 5.74) is 7.42. The molecule has 1 unspecified atom stereocenters. The smallest absolute Gasteiger partial charge is 0.677 e. The van der Waals surface area contributed by atoms with Crippen molar-refractivity contribution in [3.63, 3.8) is 0 Å². The molecule has 2 aliphatic rings. The summed E-state index contributed by atoms with van der Waals surface area (Å²) < 4.78 is 9.97. The number of ether oxygens (including phenoxy) is 2. The number of halogens is 1. The number of nitrogens with one attached hydrogen (secondary N) is 1. The van der Waals surface area contributed by atoms with Gasteiger partial charge in [-0.3, -0.25) is 0 Å². The minimum atomic E-state index is -2.60. The van der Waals surface area contributed by atoms with E-state index >= 15 is 0 Å². The third-order valence-corrected chi connectivity index (χ3v) is 5.68. The second kappa shape index (κ2) is 14.0. The van der Waals surface area contributed by atoms with Crippen molar-refractivity contribution in [3.8, 4) is 0 Å². The Hall–Kier alpha value is -0.362. The van der Waals surface area contributed by atoms with Crippen molar-refractivity contribution in [2.45, 2.75) is 73.7 Å². The standard InChI is InChI=1S/C11H17ClO10.C7H13N.Pt/c12-11(9(17)18,10(19)20)1-2-21-8-7(16)6(15)5(14)4(3-13)22-8;1-6-4-2-3-5-7(6)8;/h4-8,13-16H,1-3H2,(H,17,18)(H,19,20);6-8H,1-5H2;/q;-2;+2/t4-,5+,6+,7-,8?;6-,7-;/m11./s1. The maximum absolute atomic E-state index is 10.8. The van der Waals surface area contributed by atoms with Gasteiger partial charge in [-0.25, -0.2) is 9.59 Å². The number of aliphatic hydroxyl groups is 4. The van der Waals surface area contributed by atoms with Gasteiger partial charge in [-0.1, -0.05) is 37.3 Å². The van der Waals surface area contributed by atoms with Crippen LogP contribution < -0.4 is 0 Å². The largest absolute Gasteiger partial charge is 2.00 e. The first-order valence-corrected chi connectivity index (χ1v) is 9.95. The van der Waals surface area contributed by atoms with Crippen LogP contribution in [0.25, 0.3) is 5.73 Å². The van der Waals surface area contributed by atoms with Crippen LogP contribution in [0.5, 0.6) is 0 Å². The fraction of sp³-hybridized carbons (Fsp3) is 0.833. The van der Waals surface area contributed by atoms with Gasteiger partial charge < -0.3 is 52.8 Å². The van der Waals surface area contributed by atoms with E-state index in [0.29, 0.717) is 5.92 Å². The molecule has 0 bridgehead atoms. The summed E-state index contributed by atoms with van der Waals surface area (Å²) in [6.45, 7) is 2.71. The van der Waals surface area contributed by atoms with Crippen molar-refractivity contribution in [1.29, 1.82) is 0 Å². The molecule has 11 nitrogen and oxygen atoms in total. The summed E-state index contributed by atoms with van der Waals surface area (Å²) in [6.07, 6.45) is -3.42. The minimum absolute atomic E-state index is 0. The predicted molar refractivity (Wildman–Crippen MR) is 104 cm³/mol. The fourth-order valence-electron chi connectivity index (χ4n) is 3.03. The van der Waals surface area contributed by atoms with Gasteiger partial charge in [0, 0.05) is 6.42 Å². The second-order valence-electron chi connectivity index (χ2n) is 7.38. The molecule has 13 heteroatoms. The van der Waals surface area contributed by atoms with Gasteiger partial charge in [0.2, 0.25) is 4.87 Å². The Morgan fingerprint density at radius 1 is 1.10 bits per heavy atom. The van der Waals surface area contributed by atoms with Gasteiger partial charge in [0.15, 0.2) is 6.29 Å². The van der Waals surface area contributed by atoms with Gasteiger partial charge in [0.1, 0.15) is 24.4 Å². The zero-order valence-corrected chi connectivity index (χ0v) is 19.7. The Morgan fingerprint density at radius 3 is 2.06 bits per heavy atom. The number of rotatable bonds is 7. The Kier molecular flexibility index (Phi) is 13.9. The summed E-state index contributed by atoms with van der Waals surface area (Å²) in [5, 5.41) is 55.3. The summed E-state index contributed by atoms with van der Waals surface area (Å²) in [4.78, 5) is 19.1. The first-order chi connectivity index (χ1) is 14.0. The molecule has 7 atom stereocenters. The molecule has 7 N–H and O–H groups in total. The van der Waals surface area contributed by atoms with Crippen molar-refractivity contribution in [2.24, 2.45) is 5.92 Å². The third kappa shape index (κ3) is 8.49. The molecule has 1 aliphatic carbocycles. The quantitative estimate of drug-likeness (QED) is 0.122. The Balaban J connectivity index is 0.000000838. The van der Waals surface area contributed by atoms with Crippen molar-refractivity contribution in [1.82, 2.24) is 0 Å². The van der Waals surface area contributed by atoms with Gasteiger partial charge in [-0.05, 0) is 0 Å². The number of carboxylic acid groups (broad SMARTS) is 2. The zero-order valence-electron chi connectivity index (χ0n) is 16.7. The maximum atomic E-state index is 10.8. The van der Waals surface area contributed by atoms with Crippen LogP contribution in [0.3, 0.4) is 0 Å². The number of aliphatic hydroxyl groups excluding tert-OH is 4. The molecule has 2 rings (SSSR count). The summed E-state index contributed by atoms with van der Waals surface area (Å²) >= 11 is 5.46. The number of hydrogen-bond acceptors (Lipinski definition) is 8. The van der Waals surface area contributed by atoms with Crippen LogP contribution in [0.15, 0.2) is 0 Å². The molecule has 0 amide bonds. The Morgan fingerprint density at radius 2 is 1.65 bits per heavy atom. The summed E-state index contributed by atoms with van der Waals surface area (Å²) in [5.74, 6) is -3.14. The van der Waals surface area contributed by atoms with E-state index in [9.17, 15) is 24.9 Å². The molecule has 1 saturated carbocycles. The summed E-state index contributed by atoms with van der Waals surface area (Å²) in [7, 11) is 0. The Labute approximate surface area is 199 Å². The molecule has 0 aromatic rings. The van der Waals surface area contributed by atoms with Gasteiger partial charge in [0.05, 0.1) is 13.2 Å². The number of aliphatic carboxylic acids is 2. The third-order valence-electron chi connectivity index (χ3n) is 5.16. The van der Waals surface area contributed by atoms with Gasteiger partial charge >= 0.3 is 33.0 Å². The van der Waals surface area contributed by atoms with E-state index in [-0.39, 0.29) is 27.1 Å². The number of hydrogen-bond donors (Lipinski definition) is 6. The molecule has 1 saturated heterocycles. The number of carbonyl (C=O) groups is 2. The molecule has 1 aliphatic heterocycles. The molecule has 0 aromatic carbocycles. The van der Waals surface area contributed by atoms with Crippen LogP contribution in [0.1, 0.15) is 32.1 Å². The molecule has 31 heavy (non-hydrogen) atoms. The van der Waals surface area contributed by atoms with Crippen LogP contribution in [0.2, 0.25) is 0 Å². The van der Waals surface area contributed by atoms with Crippen LogP contribution in [0.4, 0.5) is 0 Å². The topological polar surface area (TPSA) is 198 Å². The first kappa shape index (κ1) is 30.6. The monoisotopic (exact) mass is 650 g/mol. The van der Waals surface area contributed by atoms with Gasteiger partial charge in [-0.2, -0.15) is 12.0 Å². The average molecular weight is 651 g/mol. The van der Waals surface area contributed by atoms with Crippen molar-refractivity contribution >= 4 is 23.5 Å². The fourth-order valence-corrected chi connectivity index (χ4v) is 3.11. The van der Waals surface area contributed by atoms with E-state index < -0.39 is 67.2 Å². The first-order valence-electron chi connectivity index (χ1n) is 9.57. The normalized spacial score (nSPS) is 33.5. The van der Waals surface area contributed by atoms with Crippen LogP contribution >= 0.6 is 11.6 Å². The zero-order chi connectivity index (χ0) is 23.1. The second-order valence-corrected chi connectivity index (χ2v) is 8.03. The van der Waals surface area contributed by atoms with E-state index in [2.05, 4.69) is 6.92 Å². The van der Waals surface area contributed by atoms with E-state index in [1.165, 1.54) is 19.3 Å². The Bertz CT molecular complexity index is 545.